The van der Waals surface area contributed by atoms with E-state index in [0.717, 1.165) is 12.8 Å². The lowest BCUT2D eigenvalue weighted by atomic mass is 10.1. The average molecular weight is 535 g/mol. The van der Waals surface area contributed by atoms with Crippen LogP contribution in [0.2, 0.25) is 0 Å². The van der Waals surface area contributed by atoms with Crippen LogP contribution in [0.25, 0.3) is 0 Å². The quantitative estimate of drug-likeness (QED) is 0.0526. The third-order valence-corrected chi connectivity index (χ3v) is 8.92. The molecular weight excluding hydrogens is 473 g/mol. The summed E-state index contributed by atoms with van der Waals surface area (Å²) >= 11 is 0. The van der Waals surface area contributed by atoms with Crippen LogP contribution in [0, 0.1) is 0 Å². The van der Waals surface area contributed by atoms with Gasteiger partial charge in [0, 0.05) is 20.1 Å². The molecule has 0 radical (unpaired) electrons. The number of allylic oxidation sites excluding steroid dienone is 2. The van der Waals surface area contributed by atoms with Gasteiger partial charge in [-0.05, 0) is 38.5 Å². The van der Waals surface area contributed by atoms with Crippen molar-refractivity contribution in [1.82, 2.24) is 0 Å². The first-order valence-electron chi connectivity index (χ1n) is 14.7. The van der Waals surface area contributed by atoms with Crippen LogP contribution in [0.1, 0.15) is 117 Å². The molecule has 3 atom stereocenters. The number of ether oxygens (including phenoxy) is 2. The molecule has 0 aromatic rings. The Morgan fingerprint density at radius 2 is 1.31 bits per heavy atom. The van der Waals surface area contributed by atoms with Gasteiger partial charge in [-0.1, -0.05) is 83.8 Å². The van der Waals surface area contributed by atoms with Gasteiger partial charge in [-0.2, -0.15) is 0 Å². The zero-order chi connectivity index (χ0) is 27.1. The summed E-state index contributed by atoms with van der Waals surface area (Å²) in [7, 11) is 3.63. The minimum Gasteiger partial charge on any atom is -0.379 e. The molecule has 0 fully saturated rings. The number of methoxy groups -OCH3 is 1. The maximum Gasteiger partial charge on any atom is 0.385 e. The molecule has 0 aliphatic heterocycles. The smallest absolute Gasteiger partial charge is 0.379 e. The van der Waals surface area contributed by atoms with Crippen molar-refractivity contribution >= 4 is 7.60 Å². The van der Waals surface area contributed by atoms with E-state index in [4.69, 9.17) is 14.0 Å². The number of hydrogen-bond donors (Lipinski definition) is 1. The van der Waals surface area contributed by atoms with Gasteiger partial charge in [-0.25, -0.2) is 0 Å². The number of unbranched alkanes of at least 4 members (excludes halogenated alkanes) is 12. The molecule has 216 valence electrons. The lowest BCUT2D eigenvalue weighted by Crippen LogP contribution is -2.45. The second-order valence-electron chi connectivity index (χ2n) is 11.1. The molecule has 0 spiro atoms. The van der Waals surface area contributed by atoms with Crippen molar-refractivity contribution in [2.75, 3.05) is 48.1 Å². The first-order chi connectivity index (χ1) is 17.2. The third kappa shape index (κ3) is 19.8. The van der Waals surface area contributed by atoms with Gasteiger partial charge < -0.3 is 23.4 Å². The molecule has 0 saturated carbocycles. The number of nitrogens with zero attached hydrogens (tertiary/aromatic N) is 1. The Bertz CT molecular complexity index is 564. The minimum atomic E-state index is -3.75. The lowest BCUT2D eigenvalue weighted by molar-refractivity contribution is -0.883. The summed E-state index contributed by atoms with van der Waals surface area (Å²) in [4.78, 5) is 10.5. The second kappa shape index (κ2) is 22.7. The summed E-state index contributed by atoms with van der Waals surface area (Å²) in [6.45, 7) is 5.43. The molecule has 0 rings (SSSR count). The highest BCUT2D eigenvalue weighted by Crippen LogP contribution is 2.51. The topological polar surface area (TPSA) is 65.0 Å². The van der Waals surface area contributed by atoms with E-state index in [-0.39, 0.29) is 12.7 Å². The predicted molar refractivity (Wildman–Crippen MR) is 154 cm³/mol. The highest BCUT2D eigenvalue weighted by Gasteiger charge is 2.42. The van der Waals surface area contributed by atoms with Crippen LogP contribution in [0.3, 0.4) is 0 Å². The van der Waals surface area contributed by atoms with Crippen molar-refractivity contribution in [3.05, 3.63) is 12.2 Å². The number of hydrogen-bond acceptors (Lipinski definition) is 4. The molecule has 0 saturated heterocycles. The largest absolute Gasteiger partial charge is 0.385 e. The molecule has 36 heavy (non-hydrogen) atoms. The van der Waals surface area contributed by atoms with Crippen LogP contribution < -0.4 is 0 Å². The summed E-state index contributed by atoms with van der Waals surface area (Å²) in [5, 5.41) is 0. The van der Waals surface area contributed by atoms with Gasteiger partial charge in [0.25, 0.3) is 0 Å². The fraction of sp³-hybridized carbons (Fsp3) is 0.931. The van der Waals surface area contributed by atoms with Crippen LogP contribution in [-0.4, -0.2) is 69.3 Å². The van der Waals surface area contributed by atoms with Gasteiger partial charge in [0.1, 0.15) is 6.10 Å². The lowest BCUT2D eigenvalue weighted by Gasteiger charge is -2.36. The Balaban J connectivity index is 3.74. The zero-order valence-corrected chi connectivity index (χ0v) is 25.6. The normalized spacial score (nSPS) is 15.9. The van der Waals surface area contributed by atoms with E-state index in [0.29, 0.717) is 24.1 Å². The maximum atomic E-state index is 12.8. The number of quaternary nitrogens is 1. The van der Waals surface area contributed by atoms with Gasteiger partial charge in [0.15, 0.2) is 5.78 Å². The van der Waals surface area contributed by atoms with Crippen molar-refractivity contribution in [3.8, 4) is 0 Å². The molecular formula is C29H61NO5P+. The van der Waals surface area contributed by atoms with Crippen molar-refractivity contribution < 1.29 is 27.9 Å². The van der Waals surface area contributed by atoms with E-state index in [1.165, 1.54) is 83.5 Å². The highest BCUT2D eigenvalue weighted by atomic mass is 31.2. The summed E-state index contributed by atoms with van der Waals surface area (Å²) in [5.74, 6) is -0.442. The molecule has 0 aromatic heterocycles. The summed E-state index contributed by atoms with van der Waals surface area (Å²) in [6.07, 6.45) is 23.9. The van der Waals surface area contributed by atoms with Crippen LogP contribution in [0.4, 0.5) is 0 Å². The van der Waals surface area contributed by atoms with E-state index in [1.807, 2.05) is 28.1 Å². The van der Waals surface area contributed by atoms with E-state index in [2.05, 4.69) is 19.1 Å². The second-order valence-corrected chi connectivity index (χ2v) is 13.1. The van der Waals surface area contributed by atoms with Gasteiger partial charge in [-0.15, -0.1) is 0 Å². The van der Waals surface area contributed by atoms with E-state index in [9.17, 15) is 9.46 Å². The van der Waals surface area contributed by atoms with E-state index >= 15 is 0 Å². The Morgan fingerprint density at radius 3 is 1.81 bits per heavy atom. The van der Waals surface area contributed by atoms with Crippen LogP contribution >= 0.6 is 7.60 Å². The summed E-state index contributed by atoms with van der Waals surface area (Å²) in [5.41, 5.74) is 0. The summed E-state index contributed by atoms with van der Waals surface area (Å²) < 4.78 is 29.9. The Hall–Kier alpha value is -0.230. The molecule has 6 nitrogen and oxygen atoms in total. The van der Waals surface area contributed by atoms with Crippen molar-refractivity contribution in [3.63, 3.8) is 0 Å². The molecule has 0 aromatic carbocycles. The maximum absolute atomic E-state index is 12.8. The fourth-order valence-electron chi connectivity index (χ4n) is 4.37. The van der Waals surface area contributed by atoms with Gasteiger partial charge in [-0.3, -0.25) is 4.57 Å². The van der Waals surface area contributed by atoms with Gasteiger partial charge in [0.2, 0.25) is 0 Å². The van der Waals surface area contributed by atoms with Gasteiger partial charge >= 0.3 is 7.60 Å². The molecule has 2 unspecified atom stereocenters. The van der Waals surface area contributed by atoms with Crippen molar-refractivity contribution in [1.29, 1.82) is 0 Å². The Labute approximate surface area is 224 Å². The monoisotopic (exact) mass is 534 g/mol. The van der Waals surface area contributed by atoms with E-state index in [1.54, 1.807) is 7.11 Å². The molecule has 0 aliphatic rings. The van der Waals surface area contributed by atoms with Crippen molar-refractivity contribution in [2.45, 2.75) is 128 Å². The fourth-order valence-corrected chi connectivity index (χ4v) is 6.38. The first-order valence-corrected chi connectivity index (χ1v) is 16.4. The number of rotatable bonds is 26. The minimum absolute atomic E-state index is 0.0681. The molecule has 0 heterocycles. The Morgan fingerprint density at radius 1 is 0.778 bits per heavy atom. The first kappa shape index (κ1) is 35.8. The van der Waals surface area contributed by atoms with Crippen LogP contribution in [0.5, 0.6) is 0 Å². The standard InChI is InChI=1S/C29H60NO5P/c1-7-9-10-11-12-13-14-15-16-17-18-19-20-21-22-23-25-34-26-28(33-6)27-35-36(31,32)29(24-8-2)30(3,4)5/h14-15,28-29H,7-13,16-27H2,1-6H3/p+1/b15-14-/t28-,29?/m1/s1. The van der Waals surface area contributed by atoms with E-state index < -0.39 is 13.4 Å². The SMILES string of the molecule is CCCCCCC/C=C\CCCCCCCCCOC[C@H](COP(=O)(O)C(CCC)[N+](C)(C)C)OC. The third-order valence-electron chi connectivity index (χ3n) is 6.70. The molecule has 1 N–H and O–H groups in total. The van der Waals surface area contributed by atoms with Crippen molar-refractivity contribution in [2.24, 2.45) is 0 Å². The average Bonchev–Trinajstić information content (AvgIpc) is 2.82. The van der Waals surface area contributed by atoms with Gasteiger partial charge in [0.05, 0.1) is 34.4 Å². The highest BCUT2D eigenvalue weighted by molar-refractivity contribution is 7.53. The van der Waals surface area contributed by atoms with Crippen LogP contribution in [0.15, 0.2) is 12.2 Å². The molecule has 0 amide bonds. The Kier molecular flexibility index (Phi) is 22.6. The molecule has 7 heteroatoms. The predicted octanol–water partition coefficient (Wildman–Crippen LogP) is 8.09. The molecule has 0 aliphatic carbocycles. The molecule has 0 bridgehead atoms. The zero-order valence-electron chi connectivity index (χ0n) is 24.7. The summed E-state index contributed by atoms with van der Waals surface area (Å²) in [6, 6.07) is 0. The van der Waals surface area contributed by atoms with Crippen LogP contribution in [-0.2, 0) is 18.6 Å².